The molecule has 2 heterocycles. The fraction of sp³-hybridized carbons (Fsp3) is 0.333. The number of piperidine rings is 1. The maximum absolute atomic E-state index is 13.3. The highest BCUT2D eigenvalue weighted by Gasteiger charge is 2.34. The van der Waals surface area contributed by atoms with Crippen molar-refractivity contribution in [2.24, 2.45) is 0 Å². The van der Waals surface area contributed by atoms with Crippen LogP contribution >= 0.6 is 0 Å². The number of hydrogen-bond acceptors (Lipinski definition) is 6. The number of anilines is 1. The zero-order chi connectivity index (χ0) is 28.1. The molecule has 10 heteroatoms. The van der Waals surface area contributed by atoms with Crippen molar-refractivity contribution < 1.29 is 27.5 Å². The Balaban J connectivity index is 1.25. The largest absolute Gasteiger partial charge is 0.483 e. The van der Waals surface area contributed by atoms with Gasteiger partial charge in [0.05, 0.1) is 17.1 Å². The van der Waals surface area contributed by atoms with Crippen LogP contribution in [0.15, 0.2) is 77.7 Å². The average Bonchev–Trinajstić information content (AvgIpc) is 2.99. The zero-order valence-corrected chi connectivity index (χ0v) is 23.2. The molecule has 2 aliphatic heterocycles. The van der Waals surface area contributed by atoms with Crippen LogP contribution in [0.5, 0.6) is 11.5 Å². The van der Waals surface area contributed by atoms with Gasteiger partial charge >= 0.3 is 0 Å². The average molecular weight is 564 g/mol. The molecule has 5 rings (SSSR count). The maximum atomic E-state index is 13.3. The number of rotatable bonds is 8. The summed E-state index contributed by atoms with van der Waals surface area (Å²) in [6, 6.07) is 21.3. The van der Waals surface area contributed by atoms with Crippen molar-refractivity contribution in [2.75, 3.05) is 31.1 Å². The highest BCUT2D eigenvalue weighted by atomic mass is 32.2. The van der Waals surface area contributed by atoms with E-state index in [1.165, 1.54) is 15.3 Å². The standard InChI is InChI=1S/C30H33N3O6S/c1-22-18-24(40(36,37)32-16-8-3-9-17-32)14-15-26(22)38-21-29(34)33-20-28(39-27-13-7-6-12-25(27)33)30(35)31-19-23-10-4-2-5-11-23/h2,4-7,10-15,18,28H,3,8-9,16-17,19-21H2,1H3,(H,31,35). The number of carbonyl (C=O) groups excluding carboxylic acids is 2. The third kappa shape index (κ3) is 6.13. The van der Waals surface area contributed by atoms with E-state index in [0.717, 1.165) is 24.8 Å². The van der Waals surface area contributed by atoms with Crippen LogP contribution in [0.2, 0.25) is 0 Å². The van der Waals surface area contributed by atoms with E-state index >= 15 is 0 Å². The Morgan fingerprint density at radius 3 is 2.45 bits per heavy atom. The lowest BCUT2D eigenvalue weighted by atomic mass is 10.1. The molecule has 210 valence electrons. The van der Waals surface area contributed by atoms with Crippen LogP contribution in [-0.4, -0.2) is 56.9 Å². The summed E-state index contributed by atoms with van der Waals surface area (Å²) in [4.78, 5) is 28.0. The number of nitrogens with zero attached hydrogens (tertiary/aromatic N) is 2. The lowest BCUT2D eigenvalue weighted by Gasteiger charge is -2.34. The Morgan fingerprint density at radius 1 is 0.975 bits per heavy atom. The molecule has 1 unspecified atom stereocenters. The summed E-state index contributed by atoms with van der Waals surface area (Å²) in [7, 11) is -3.57. The van der Waals surface area contributed by atoms with Crippen LogP contribution in [0.25, 0.3) is 0 Å². The van der Waals surface area contributed by atoms with Gasteiger partial charge in [0.2, 0.25) is 10.0 Å². The van der Waals surface area contributed by atoms with Gasteiger partial charge in [-0.1, -0.05) is 48.9 Å². The lowest BCUT2D eigenvalue weighted by Crippen LogP contribution is -2.51. The Kier molecular flexibility index (Phi) is 8.37. The first kappa shape index (κ1) is 27.7. The summed E-state index contributed by atoms with van der Waals surface area (Å²) < 4.78 is 39.4. The van der Waals surface area contributed by atoms with Crippen molar-refractivity contribution >= 4 is 27.5 Å². The molecule has 1 N–H and O–H groups in total. The van der Waals surface area contributed by atoms with Crippen LogP contribution in [0.4, 0.5) is 5.69 Å². The number of ether oxygens (including phenoxy) is 2. The van der Waals surface area contributed by atoms with Gasteiger partial charge in [0.25, 0.3) is 11.8 Å². The normalized spacial score (nSPS) is 17.4. The van der Waals surface area contributed by atoms with E-state index in [0.29, 0.717) is 42.4 Å². The van der Waals surface area contributed by atoms with Gasteiger partial charge < -0.3 is 19.7 Å². The summed E-state index contributed by atoms with van der Waals surface area (Å²) in [5.41, 5.74) is 2.13. The molecule has 1 atom stereocenters. The molecule has 0 bridgehead atoms. The third-order valence-electron chi connectivity index (χ3n) is 7.13. The van der Waals surface area contributed by atoms with Crippen LogP contribution < -0.4 is 19.7 Å². The summed E-state index contributed by atoms with van der Waals surface area (Å²) in [5.74, 6) is 0.189. The van der Waals surface area contributed by atoms with Gasteiger partial charge in [-0.25, -0.2) is 8.42 Å². The molecule has 9 nitrogen and oxygen atoms in total. The van der Waals surface area contributed by atoms with E-state index in [-0.39, 0.29) is 29.9 Å². The summed E-state index contributed by atoms with van der Waals surface area (Å²) in [6.45, 7) is 2.91. The number of hydrogen-bond donors (Lipinski definition) is 1. The summed E-state index contributed by atoms with van der Waals surface area (Å²) in [6.07, 6.45) is 1.88. The molecule has 3 aromatic rings. The second-order valence-corrected chi connectivity index (χ2v) is 11.9. The minimum absolute atomic E-state index is 0.0336. The molecule has 2 aliphatic rings. The third-order valence-corrected chi connectivity index (χ3v) is 9.02. The molecule has 40 heavy (non-hydrogen) atoms. The molecule has 1 saturated heterocycles. The van der Waals surface area contributed by atoms with Crippen LogP contribution in [-0.2, 0) is 26.2 Å². The second kappa shape index (κ2) is 12.1. The molecular formula is C30H33N3O6S. The summed E-state index contributed by atoms with van der Waals surface area (Å²) >= 11 is 0. The zero-order valence-electron chi connectivity index (χ0n) is 22.4. The van der Waals surface area contributed by atoms with Crippen LogP contribution in [0.3, 0.4) is 0 Å². The first-order valence-electron chi connectivity index (χ1n) is 13.4. The first-order valence-corrected chi connectivity index (χ1v) is 14.9. The molecule has 2 amide bonds. The highest BCUT2D eigenvalue weighted by molar-refractivity contribution is 7.89. The van der Waals surface area contributed by atoms with Gasteiger partial charge in [-0.05, 0) is 61.2 Å². The molecule has 0 radical (unpaired) electrons. The van der Waals surface area contributed by atoms with Crippen LogP contribution in [0, 0.1) is 6.92 Å². The Labute approximate surface area is 234 Å². The van der Waals surface area contributed by atoms with Crippen molar-refractivity contribution in [3.63, 3.8) is 0 Å². The van der Waals surface area contributed by atoms with E-state index in [2.05, 4.69) is 5.32 Å². The fourth-order valence-electron chi connectivity index (χ4n) is 4.92. The number of fused-ring (bicyclic) bond motifs is 1. The van der Waals surface area contributed by atoms with Gasteiger partial charge in [-0.3, -0.25) is 9.59 Å². The summed E-state index contributed by atoms with van der Waals surface area (Å²) in [5, 5.41) is 2.88. The molecule has 1 fully saturated rings. The number of benzene rings is 3. The fourth-order valence-corrected chi connectivity index (χ4v) is 6.52. The highest BCUT2D eigenvalue weighted by Crippen LogP contribution is 2.33. The number of sulfonamides is 1. The topological polar surface area (TPSA) is 105 Å². The Morgan fingerprint density at radius 2 is 1.70 bits per heavy atom. The number of nitrogens with one attached hydrogen (secondary N) is 1. The smallest absolute Gasteiger partial charge is 0.265 e. The molecule has 0 saturated carbocycles. The minimum atomic E-state index is -3.57. The van der Waals surface area contributed by atoms with Gasteiger partial charge in [0.1, 0.15) is 11.5 Å². The molecule has 0 spiro atoms. The predicted molar refractivity (Wildman–Crippen MR) is 151 cm³/mol. The Hall–Kier alpha value is -3.89. The van der Waals surface area contributed by atoms with Crippen molar-refractivity contribution in [3.05, 3.63) is 83.9 Å². The quantitative estimate of drug-likeness (QED) is 0.449. The van der Waals surface area contributed by atoms with Gasteiger partial charge in [-0.15, -0.1) is 0 Å². The molecule has 3 aromatic carbocycles. The van der Waals surface area contributed by atoms with E-state index in [1.807, 2.05) is 30.3 Å². The first-order chi connectivity index (χ1) is 19.3. The number of aryl methyl sites for hydroxylation is 1. The monoisotopic (exact) mass is 563 g/mol. The second-order valence-electron chi connectivity index (χ2n) is 9.96. The van der Waals surface area contributed by atoms with E-state index in [9.17, 15) is 18.0 Å². The van der Waals surface area contributed by atoms with E-state index < -0.39 is 16.1 Å². The SMILES string of the molecule is Cc1cc(S(=O)(=O)N2CCCCC2)ccc1OCC(=O)N1CC(C(=O)NCc2ccccc2)Oc2ccccc21. The number of amides is 2. The van der Waals surface area contributed by atoms with Crippen molar-refractivity contribution in [2.45, 2.75) is 43.7 Å². The molecular weight excluding hydrogens is 530 g/mol. The van der Waals surface area contributed by atoms with Gasteiger partial charge in [0, 0.05) is 19.6 Å². The maximum Gasteiger partial charge on any atom is 0.265 e. The number of para-hydroxylation sites is 2. The lowest BCUT2D eigenvalue weighted by molar-refractivity contribution is -0.128. The van der Waals surface area contributed by atoms with Crippen LogP contribution in [0.1, 0.15) is 30.4 Å². The van der Waals surface area contributed by atoms with E-state index in [1.54, 1.807) is 43.3 Å². The van der Waals surface area contributed by atoms with Gasteiger partial charge in [-0.2, -0.15) is 4.31 Å². The van der Waals surface area contributed by atoms with Crippen molar-refractivity contribution in [1.82, 2.24) is 9.62 Å². The van der Waals surface area contributed by atoms with Gasteiger partial charge in [0.15, 0.2) is 12.7 Å². The Bertz CT molecular complexity index is 1470. The molecule has 0 aliphatic carbocycles. The van der Waals surface area contributed by atoms with E-state index in [4.69, 9.17) is 9.47 Å². The van der Waals surface area contributed by atoms with Crippen molar-refractivity contribution in [1.29, 1.82) is 0 Å². The minimum Gasteiger partial charge on any atom is -0.483 e. The predicted octanol–water partition coefficient (Wildman–Crippen LogP) is 3.66. The number of carbonyl (C=O) groups is 2. The molecule has 0 aromatic heterocycles. The van der Waals surface area contributed by atoms with Crippen molar-refractivity contribution in [3.8, 4) is 11.5 Å².